The fourth-order valence-corrected chi connectivity index (χ4v) is 2.03. The summed E-state index contributed by atoms with van der Waals surface area (Å²) in [5, 5.41) is 8.41. The standard InChI is InChI=1S/C7H11NS/c1-9-6-7(2-3-7)4-5-8/h2-4,6H2,1H3. The van der Waals surface area contributed by atoms with Gasteiger partial charge in [0.05, 0.1) is 6.07 Å². The molecule has 50 valence electrons. The zero-order valence-electron chi connectivity index (χ0n) is 5.68. The molecular weight excluding hydrogens is 130 g/mol. The highest BCUT2D eigenvalue weighted by atomic mass is 32.2. The fourth-order valence-electron chi connectivity index (χ4n) is 1.02. The van der Waals surface area contributed by atoms with Crippen molar-refractivity contribution in [3.05, 3.63) is 0 Å². The summed E-state index contributed by atoms with van der Waals surface area (Å²) in [4.78, 5) is 0. The first kappa shape index (κ1) is 6.95. The van der Waals surface area contributed by atoms with Gasteiger partial charge in [-0.1, -0.05) is 0 Å². The first-order valence-corrected chi connectivity index (χ1v) is 4.58. The van der Waals surface area contributed by atoms with E-state index in [1.165, 1.54) is 18.6 Å². The average molecular weight is 141 g/mol. The summed E-state index contributed by atoms with van der Waals surface area (Å²) in [6.45, 7) is 0. The Morgan fingerprint density at radius 2 is 2.33 bits per heavy atom. The fraction of sp³-hybridized carbons (Fsp3) is 0.857. The maximum absolute atomic E-state index is 8.41. The van der Waals surface area contributed by atoms with Crippen LogP contribution in [0.2, 0.25) is 0 Å². The van der Waals surface area contributed by atoms with Crippen LogP contribution >= 0.6 is 11.8 Å². The number of hydrogen-bond acceptors (Lipinski definition) is 2. The van der Waals surface area contributed by atoms with E-state index in [2.05, 4.69) is 12.3 Å². The van der Waals surface area contributed by atoms with Crippen molar-refractivity contribution in [2.75, 3.05) is 12.0 Å². The molecule has 0 heterocycles. The highest BCUT2D eigenvalue weighted by Gasteiger charge is 2.41. The van der Waals surface area contributed by atoms with Gasteiger partial charge in [0.15, 0.2) is 0 Å². The predicted molar refractivity (Wildman–Crippen MR) is 40.3 cm³/mol. The highest BCUT2D eigenvalue weighted by Crippen LogP contribution is 2.50. The van der Waals surface area contributed by atoms with Gasteiger partial charge in [0.2, 0.25) is 0 Å². The van der Waals surface area contributed by atoms with E-state index in [-0.39, 0.29) is 0 Å². The van der Waals surface area contributed by atoms with Crippen molar-refractivity contribution in [2.24, 2.45) is 5.41 Å². The Bertz CT molecular complexity index is 132. The number of thioether (sulfide) groups is 1. The smallest absolute Gasteiger partial charge is 0.0627 e. The van der Waals surface area contributed by atoms with E-state index in [0.29, 0.717) is 5.41 Å². The molecule has 9 heavy (non-hydrogen) atoms. The van der Waals surface area contributed by atoms with Crippen LogP contribution in [0.3, 0.4) is 0 Å². The minimum absolute atomic E-state index is 0.453. The maximum Gasteiger partial charge on any atom is 0.0627 e. The first-order chi connectivity index (χ1) is 4.33. The van der Waals surface area contributed by atoms with Gasteiger partial charge in [0.25, 0.3) is 0 Å². The van der Waals surface area contributed by atoms with E-state index in [0.717, 1.165) is 6.42 Å². The molecular formula is C7H11NS. The normalized spacial score (nSPS) is 20.9. The monoisotopic (exact) mass is 141 g/mol. The Morgan fingerprint density at radius 3 is 2.67 bits per heavy atom. The molecule has 0 saturated heterocycles. The van der Waals surface area contributed by atoms with E-state index < -0.39 is 0 Å². The molecule has 0 aromatic rings. The predicted octanol–water partition coefficient (Wildman–Crippen LogP) is 2.04. The summed E-state index contributed by atoms with van der Waals surface area (Å²) >= 11 is 1.86. The van der Waals surface area contributed by atoms with E-state index >= 15 is 0 Å². The molecule has 1 fully saturated rings. The quantitative estimate of drug-likeness (QED) is 0.600. The lowest BCUT2D eigenvalue weighted by atomic mass is 10.1. The third kappa shape index (κ3) is 1.62. The number of hydrogen-bond donors (Lipinski definition) is 0. The number of rotatable bonds is 3. The Kier molecular flexibility index (Phi) is 2.02. The zero-order chi connectivity index (χ0) is 6.74. The molecule has 1 rings (SSSR count). The molecule has 0 aromatic carbocycles. The van der Waals surface area contributed by atoms with Gasteiger partial charge in [0.1, 0.15) is 0 Å². The van der Waals surface area contributed by atoms with Crippen LogP contribution in [0.1, 0.15) is 19.3 Å². The van der Waals surface area contributed by atoms with E-state index in [1.807, 2.05) is 11.8 Å². The van der Waals surface area contributed by atoms with Crippen molar-refractivity contribution in [1.29, 1.82) is 5.26 Å². The van der Waals surface area contributed by atoms with E-state index in [9.17, 15) is 0 Å². The van der Waals surface area contributed by atoms with E-state index in [4.69, 9.17) is 5.26 Å². The van der Waals surface area contributed by atoms with Crippen LogP contribution in [0.25, 0.3) is 0 Å². The molecule has 0 N–H and O–H groups in total. The van der Waals surface area contributed by atoms with Gasteiger partial charge in [-0.05, 0) is 30.3 Å². The van der Waals surface area contributed by atoms with Crippen molar-refractivity contribution in [1.82, 2.24) is 0 Å². The van der Waals surface area contributed by atoms with Gasteiger partial charge >= 0.3 is 0 Å². The molecule has 1 saturated carbocycles. The molecule has 1 aliphatic carbocycles. The van der Waals surface area contributed by atoms with Gasteiger partial charge in [0, 0.05) is 6.42 Å². The SMILES string of the molecule is CSCC1(CC#N)CC1. The van der Waals surface area contributed by atoms with Crippen LogP contribution < -0.4 is 0 Å². The third-order valence-electron chi connectivity index (χ3n) is 1.86. The lowest BCUT2D eigenvalue weighted by molar-refractivity contribution is 0.605. The van der Waals surface area contributed by atoms with Crippen molar-refractivity contribution < 1.29 is 0 Å². The van der Waals surface area contributed by atoms with Gasteiger partial charge < -0.3 is 0 Å². The second-order valence-corrected chi connectivity index (χ2v) is 3.63. The van der Waals surface area contributed by atoms with E-state index in [1.54, 1.807) is 0 Å². The molecule has 0 amide bonds. The van der Waals surface area contributed by atoms with Gasteiger partial charge in [-0.25, -0.2) is 0 Å². The van der Waals surface area contributed by atoms with Crippen molar-refractivity contribution in [3.8, 4) is 6.07 Å². The van der Waals surface area contributed by atoms with Crippen molar-refractivity contribution >= 4 is 11.8 Å². The Labute approximate surface area is 60.4 Å². The topological polar surface area (TPSA) is 23.8 Å². The molecule has 0 atom stereocenters. The number of nitrogens with zero attached hydrogens (tertiary/aromatic N) is 1. The third-order valence-corrected chi connectivity index (χ3v) is 2.76. The zero-order valence-corrected chi connectivity index (χ0v) is 6.50. The van der Waals surface area contributed by atoms with Crippen LogP contribution in [0.5, 0.6) is 0 Å². The molecule has 0 aliphatic heterocycles. The molecule has 0 spiro atoms. The lowest BCUT2D eigenvalue weighted by Gasteiger charge is -2.05. The highest BCUT2D eigenvalue weighted by molar-refractivity contribution is 7.98. The van der Waals surface area contributed by atoms with Gasteiger partial charge in [-0.3, -0.25) is 0 Å². The molecule has 0 radical (unpaired) electrons. The van der Waals surface area contributed by atoms with Gasteiger partial charge in [-0.15, -0.1) is 0 Å². The van der Waals surface area contributed by atoms with Crippen LogP contribution in [0.4, 0.5) is 0 Å². The Balaban J connectivity index is 2.27. The first-order valence-electron chi connectivity index (χ1n) is 3.19. The van der Waals surface area contributed by atoms with Gasteiger partial charge in [-0.2, -0.15) is 17.0 Å². The summed E-state index contributed by atoms with van der Waals surface area (Å²) in [6, 6.07) is 2.24. The van der Waals surface area contributed by atoms with Crippen LogP contribution in [-0.4, -0.2) is 12.0 Å². The Hall–Kier alpha value is -0.160. The van der Waals surface area contributed by atoms with Crippen LogP contribution in [0, 0.1) is 16.7 Å². The maximum atomic E-state index is 8.41. The Morgan fingerprint density at radius 1 is 1.67 bits per heavy atom. The molecule has 2 heteroatoms. The number of nitriles is 1. The molecule has 0 unspecified atom stereocenters. The molecule has 1 nitrogen and oxygen atoms in total. The van der Waals surface area contributed by atoms with Crippen LogP contribution in [-0.2, 0) is 0 Å². The summed E-state index contributed by atoms with van der Waals surface area (Å²) < 4.78 is 0. The second kappa shape index (κ2) is 2.62. The van der Waals surface area contributed by atoms with Crippen molar-refractivity contribution in [2.45, 2.75) is 19.3 Å². The molecule has 0 bridgehead atoms. The largest absolute Gasteiger partial charge is 0.198 e. The summed E-state index contributed by atoms with van der Waals surface area (Å²) in [5.74, 6) is 1.18. The summed E-state index contributed by atoms with van der Waals surface area (Å²) in [5.41, 5.74) is 0.453. The summed E-state index contributed by atoms with van der Waals surface area (Å²) in [6.07, 6.45) is 5.44. The lowest BCUT2D eigenvalue weighted by Crippen LogP contribution is -2.01. The van der Waals surface area contributed by atoms with Crippen molar-refractivity contribution in [3.63, 3.8) is 0 Å². The summed E-state index contributed by atoms with van der Waals surface area (Å²) in [7, 11) is 0. The van der Waals surface area contributed by atoms with Crippen LogP contribution in [0.15, 0.2) is 0 Å². The minimum atomic E-state index is 0.453. The molecule has 0 aromatic heterocycles. The molecule has 1 aliphatic rings. The second-order valence-electron chi connectivity index (χ2n) is 2.77. The minimum Gasteiger partial charge on any atom is -0.198 e. The average Bonchev–Trinajstić information content (AvgIpc) is 2.51.